The lowest BCUT2D eigenvalue weighted by atomic mass is 9.82. The molecule has 1 aromatic carbocycles. The molecule has 0 radical (unpaired) electrons. The molecule has 11 nitrogen and oxygen atoms in total. The summed E-state index contributed by atoms with van der Waals surface area (Å²) >= 11 is 0. The Balaban J connectivity index is 1.79. The van der Waals surface area contributed by atoms with Crippen LogP contribution in [0.5, 0.6) is 0 Å². The van der Waals surface area contributed by atoms with Crippen LogP contribution in [0.25, 0.3) is 0 Å². The maximum Gasteiger partial charge on any atom is 0.407 e. The topological polar surface area (TPSA) is 136 Å². The number of methoxy groups -OCH3 is 1. The maximum absolute atomic E-state index is 14.3. The predicted molar refractivity (Wildman–Crippen MR) is 207 cm³/mol. The molecule has 0 spiro atoms. The number of carbonyl (C=O) groups is 3. The molecule has 1 aliphatic heterocycles. The molecule has 2 aliphatic rings. The molecule has 1 heterocycles. The minimum atomic E-state index is -0.903. The van der Waals surface area contributed by atoms with Crippen LogP contribution in [0.2, 0.25) is 0 Å². The number of hydrogen-bond donors (Lipinski definition) is 3. The molecule has 1 saturated carbocycles. The van der Waals surface area contributed by atoms with Crippen molar-refractivity contribution in [2.75, 3.05) is 33.6 Å². The fourth-order valence-electron chi connectivity index (χ4n) is 7.35. The van der Waals surface area contributed by atoms with Crippen LogP contribution in [0.15, 0.2) is 30.3 Å². The summed E-state index contributed by atoms with van der Waals surface area (Å²) in [5.41, 5.74) is 0.958. The maximum atomic E-state index is 14.3. The number of nitrogens with one attached hydrogen (secondary N) is 2. The van der Waals surface area contributed by atoms with E-state index >= 15 is 0 Å². The highest BCUT2D eigenvalue weighted by atomic mass is 16.7. The van der Waals surface area contributed by atoms with Crippen molar-refractivity contribution in [3.05, 3.63) is 35.9 Å². The molecule has 1 saturated heterocycles. The number of benzene rings is 1. The van der Waals surface area contributed by atoms with Gasteiger partial charge in [-0.1, -0.05) is 110 Å². The minimum Gasteiger partial charge on any atom is -0.450 e. The van der Waals surface area contributed by atoms with Gasteiger partial charge in [0.15, 0.2) is 0 Å². The van der Waals surface area contributed by atoms with E-state index in [2.05, 4.69) is 31.4 Å². The summed E-state index contributed by atoms with van der Waals surface area (Å²) in [6, 6.07) is 8.91. The van der Waals surface area contributed by atoms with Crippen LogP contribution in [0.1, 0.15) is 124 Å². The van der Waals surface area contributed by atoms with Crippen molar-refractivity contribution in [1.82, 2.24) is 15.5 Å². The number of nitrogens with zero attached hydrogens (tertiary/aromatic N) is 1. The van der Waals surface area contributed by atoms with Gasteiger partial charge < -0.3 is 39.6 Å². The summed E-state index contributed by atoms with van der Waals surface area (Å²) < 4.78 is 22.9. The zero-order valence-corrected chi connectivity index (χ0v) is 33.6. The Morgan fingerprint density at radius 1 is 0.906 bits per heavy atom. The van der Waals surface area contributed by atoms with Gasteiger partial charge in [0.2, 0.25) is 5.91 Å². The zero-order chi connectivity index (χ0) is 38.6. The number of rotatable bonds is 23. The molecule has 1 aliphatic carbocycles. The van der Waals surface area contributed by atoms with Crippen molar-refractivity contribution >= 4 is 17.9 Å². The van der Waals surface area contributed by atoms with Gasteiger partial charge in [0.1, 0.15) is 19.0 Å². The van der Waals surface area contributed by atoms with Crippen molar-refractivity contribution < 1.29 is 38.4 Å². The average molecular weight is 746 g/mol. The second-order valence-corrected chi connectivity index (χ2v) is 16.0. The van der Waals surface area contributed by atoms with Gasteiger partial charge in [-0.2, -0.15) is 0 Å². The second-order valence-electron chi connectivity index (χ2n) is 16.0. The Labute approximate surface area is 319 Å². The molecule has 0 unspecified atom stereocenters. The van der Waals surface area contributed by atoms with E-state index in [9.17, 15) is 19.5 Å². The average Bonchev–Trinajstić information content (AvgIpc) is 3.15. The zero-order valence-electron chi connectivity index (χ0n) is 33.6. The summed E-state index contributed by atoms with van der Waals surface area (Å²) in [6.45, 7) is 11.9. The van der Waals surface area contributed by atoms with Crippen LogP contribution in [-0.2, 0) is 35.0 Å². The molecule has 5 atom stereocenters. The first-order valence-electron chi connectivity index (χ1n) is 20.5. The SMILES string of the molecule is CCCC[C@H](O[C@@H](Cc1ccccc1)C(=O)N1CCC(OCOC)CC1)C(=O)N[C@@H](CC1CCCCC1)[C@@H](O)C[C@H](NC(=O)OCCC(C)C)C(C)C. The van der Waals surface area contributed by atoms with Crippen LogP contribution in [-0.4, -0.2) is 98.0 Å². The standard InChI is InChI=1S/C42H71N3O8/c1-7-8-19-38(53-39(27-33-17-13-10-14-18-33)41(48)45-23-20-34(21-24-45)52-29-50-6)40(47)43-36(26-32-15-11-9-12-16-32)37(46)28-35(31(4)5)44-42(49)51-25-22-30(2)3/h10,13-14,17-18,30-32,34-39,46H,7-9,11-12,15-16,19-29H2,1-6H3,(H,43,47)(H,44,49)/t35-,36-,37-,38-,39-/m0/s1. The summed E-state index contributed by atoms with van der Waals surface area (Å²) in [5, 5.41) is 18.0. The summed E-state index contributed by atoms with van der Waals surface area (Å²) in [4.78, 5) is 43.0. The van der Waals surface area contributed by atoms with Crippen molar-refractivity contribution in [1.29, 1.82) is 0 Å². The number of likely N-dealkylation sites (tertiary alicyclic amines) is 1. The van der Waals surface area contributed by atoms with Crippen LogP contribution in [0.3, 0.4) is 0 Å². The van der Waals surface area contributed by atoms with Gasteiger partial charge in [0.05, 0.1) is 24.9 Å². The minimum absolute atomic E-state index is 0.0316. The Morgan fingerprint density at radius 2 is 1.60 bits per heavy atom. The van der Waals surface area contributed by atoms with Crippen LogP contribution < -0.4 is 10.6 Å². The fraction of sp³-hybridized carbons (Fsp3) is 0.786. The lowest BCUT2D eigenvalue weighted by Crippen LogP contribution is -2.53. The van der Waals surface area contributed by atoms with Crippen molar-refractivity contribution in [2.24, 2.45) is 17.8 Å². The number of piperidine rings is 1. The van der Waals surface area contributed by atoms with Crippen molar-refractivity contribution in [2.45, 2.75) is 161 Å². The smallest absolute Gasteiger partial charge is 0.407 e. The van der Waals surface area contributed by atoms with Gasteiger partial charge in [-0.25, -0.2) is 4.79 Å². The second kappa shape index (κ2) is 24.6. The van der Waals surface area contributed by atoms with E-state index in [1.807, 2.05) is 49.1 Å². The predicted octanol–water partition coefficient (Wildman–Crippen LogP) is 6.79. The van der Waals surface area contributed by atoms with Gasteiger partial charge in [0.25, 0.3) is 5.91 Å². The summed E-state index contributed by atoms with van der Waals surface area (Å²) in [6.07, 6.45) is 8.04. The largest absolute Gasteiger partial charge is 0.450 e. The van der Waals surface area contributed by atoms with E-state index < -0.39 is 30.4 Å². The Bertz CT molecular complexity index is 1170. The number of hydrogen-bond acceptors (Lipinski definition) is 8. The molecule has 3 rings (SSSR count). The Hall–Kier alpha value is -2.73. The van der Waals surface area contributed by atoms with E-state index in [1.165, 1.54) is 6.42 Å². The molecular formula is C42H71N3O8. The Morgan fingerprint density at radius 3 is 2.23 bits per heavy atom. The summed E-state index contributed by atoms with van der Waals surface area (Å²) in [7, 11) is 1.60. The highest BCUT2D eigenvalue weighted by molar-refractivity contribution is 5.84. The van der Waals surface area contributed by atoms with Gasteiger partial charge >= 0.3 is 6.09 Å². The van der Waals surface area contributed by atoms with Gasteiger partial charge in [-0.15, -0.1) is 0 Å². The molecule has 2 fully saturated rings. The molecule has 3 amide bonds. The van der Waals surface area contributed by atoms with Crippen LogP contribution in [0.4, 0.5) is 4.79 Å². The van der Waals surface area contributed by atoms with E-state index in [4.69, 9.17) is 18.9 Å². The normalized spacial score (nSPS) is 18.7. The Kier molecular flexibility index (Phi) is 20.8. The summed E-state index contributed by atoms with van der Waals surface area (Å²) in [5.74, 6) is 0.408. The first kappa shape index (κ1) is 44.7. The number of carbonyl (C=O) groups excluding carboxylic acids is 3. The monoisotopic (exact) mass is 746 g/mol. The number of ether oxygens (including phenoxy) is 4. The molecule has 0 aromatic heterocycles. The first-order chi connectivity index (χ1) is 25.5. The van der Waals surface area contributed by atoms with Crippen LogP contribution in [0, 0.1) is 17.8 Å². The third-order valence-electron chi connectivity index (χ3n) is 10.8. The number of alkyl carbamates (subject to hydrolysis) is 1. The number of amides is 3. The number of aliphatic hydroxyl groups excluding tert-OH is 1. The van der Waals surface area contributed by atoms with Crippen molar-refractivity contribution in [3.8, 4) is 0 Å². The lowest BCUT2D eigenvalue weighted by Gasteiger charge is -2.36. The molecule has 1 aromatic rings. The third kappa shape index (κ3) is 16.7. The van der Waals surface area contributed by atoms with Crippen LogP contribution >= 0.6 is 0 Å². The third-order valence-corrected chi connectivity index (χ3v) is 10.8. The number of unbranched alkanes of at least 4 members (excludes halogenated alkanes) is 1. The van der Waals surface area contributed by atoms with Crippen molar-refractivity contribution in [3.63, 3.8) is 0 Å². The number of aliphatic hydroxyl groups is 1. The molecule has 3 N–H and O–H groups in total. The quantitative estimate of drug-likeness (QED) is 0.104. The molecule has 53 heavy (non-hydrogen) atoms. The highest BCUT2D eigenvalue weighted by Crippen LogP contribution is 2.29. The van der Waals surface area contributed by atoms with E-state index in [-0.39, 0.29) is 43.1 Å². The lowest BCUT2D eigenvalue weighted by molar-refractivity contribution is -0.157. The van der Waals surface area contributed by atoms with Gasteiger partial charge in [-0.3, -0.25) is 9.59 Å². The molecule has 11 heteroatoms. The van der Waals surface area contributed by atoms with E-state index in [0.717, 1.165) is 50.5 Å². The fourth-order valence-corrected chi connectivity index (χ4v) is 7.35. The van der Waals surface area contributed by atoms with Gasteiger partial charge in [-0.05, 0) is 61.8 Å². The van der Waals surface area contributed by atoms with E-state index in [0.29, 0.717) is 63.6 Å². The first-order valence-corrected chi connectivity index (χ1v) is 20.5. The highest BCUT2D eigenvalue weighted by Gasteiger charge is 2.36. The van der Waals surface area contributed by atoms with E-state index in [1.54, 1.807) is 7.11 Å². The van der Waals surface area contributed by atoms with Gasteiger partial charge in [0, 0.05) is 32.7 Å². The molecule has 302 valence electrons. The molecular weight excluding hydrogens is 674 g/mol. The molecule has 0 bridgehead atoms.